The number of furan rings is 1. The molecule has 0 spiro atoms. The fourth-order valence-corrected chi connectivity index (χ4v) is 4.02. The van der Waals surface area contributed by atoms with Crippen molar-refractivity contribution in [3.63, 3.8) is 0 Å². The molecule has 0 N–H and O–H groups in total. The molecule has 7 nitrogen and oxygen atoms in total. The first kappa shape index (κ1) is 18.0. The molecule has 1 aromatic carbocycles. The second-order valence-electron chi connectivity index (χ2n) is 7.04. The Labute approximate surface area is 171 Å². The Morgan fingerprint density at radius 1 is 1.21 bits per heavy atom. The van der Waals surface area contributed by atoms with Crippen molar-refractivity contribution in [3.8, 4) is 11.1 Å². The van der Waals surface area contributed by atoms with Gasteiger partial charge in [0.1, 0.15) is 5.76 Å². The number of methoxy groups -OCH3 is 1. The first-order valence-corrected chi connectivity index (χ1v) is 9.62. The number of hydrogen-bond acceptors (Lipinski definition) is 6. The Bertz CT molecular complexity index is 1200. The van der Waals surface area contributed by atoms with Crippen LogP contribution in [-0.4, -0.2) is 32.7 Å². The predicted octanol–water partition coefficient (Wildman–Crippen LogP) is 4.10. The van der Waals surface area contributed by atoms with E-state index in [1.165, 1.54) is 0 Å². The van der Waals surface area contributed by atoms with Gasteiger partial charge in [0.25, 0.3) is 0 Å². The molecule has 146 valence electrons. The number of benzene rings is 1. The summed E-state index contributed by atoms with van der Waals surface area (Å²) in [5.74, 6) is 0.682. The quantitative estimate of drug-likeness (QED) is 0.505. The number of rotatable bonds is 4. The third kappa shape index (κ3) is 3.03. The molecule has 0 saturated heterocycles. The normalized spacial score (nSPS) is 16.3. The number of fused-ring (bicyclic) bond motifs is 3. The molecule has 1 atom stereocenters. The average Bonchev–Trinajstić information content (AvgIpc) is 3.37. The summed E-state index contributed by atoms with van der Waals surface area (Å²) >= 11 is 6.05. The molecule has 4 aromatic rings. The minimum Gasteiger partial charge on any atom is -0.469 e. The summed E-state index contributed by atoms with van der Waals surface area (Å²) in [6.45, 7) is 0.311. The van der Waals surface area contributed by atoms with Gasteiger partial charge in [0, 0.05) is 30.9 Å². The van der Waals surface area contributed by atoms with Gasteiger partial charge in [-0.25, -0.2) is 4.52 Å². The molecule has 0 amide bonds. The summed E-state index contributed by atoms with van der Waals surface area (Å²) in [5.41, 5.74) is 4.16. The number of Topliss-reactive ketones (excluding diaryl/α,β-unsaturated/α-hetero) is 1. The lowest BCUT2D eigenvalue weighted by atomic mass is 9.87. The molecular formula is C21H17ClN4O3. The predicted molar refractivity (Wildman–Crippen MR) is 106 cm³/mol. The van der Waals surface area contributed by atoms with E-state index in [0.29, 0.717) is 35.8 Å². The smallest absolute Gasteiger partial charge is 0.185 e. The van der Waals surface area contributed by atoms with Crippen LogP contribution in [0.4, 0.5) is 0 Å². The van der Waals surface area contributed by atoms with Gasteiger partial charge in [-0.15, -0.1) is 10.2 Å². The second kappa shape index (κ2) is 7.09. The summed E-state index contributed by atoms with van der Waals surface area (Å²) in [7, 11) is 1.62. The zero-order valence-electron chi connectivity index (χ0n) is 15.6. The topological polar surface area (TPSA) is 82.5 Å². The van der Waals surface area contributed by atoms with Crippen molar-refractivity contribution in [2.45, 2.75) is 25.4 Å². The molecule has 0 bridgehead atoms. The van der Waals surface area contributed by atoms with Crippen LogP contribution in [0.1, 0.15) is 40.0 Å². The van der Waals surface area contributed by atoms with Crippen LogP contribution in [0.2, 0.25) is 5.02 Å². The van der Waals surface area contributed by atoms with Gasteiger partial charge in [-0.3, -0.25) is 4.79 Å². The largest absolute Gasteiger partial charge is 0.469 e. The Hall–Kier alpha value is -3.03. The molecule has 0 saturated carbocycles. The van der Waals surface area contributed by atoms with Crippen molar-refractivity contribution in [1.29, 1.82) is 0 Å². The van der Waals surface area contributed by atoms with Crippen LogP contribution < -0.4 is 0 Å². The second-order valence-corrected chi connectivity index (χ2v) is 7.47. The molecule has 5 rings (SSSR count). The molecule has 1 aliphatic rings. The number of ketones is 1. The van der Waals surface area contributed by atoms with Gasteiger partial charge < -0.3 is 9.15 Å². The van der Waals surface area contributed by atoms with E-state index in [2.05, 4.69) is 10.2 Å². The number of ether oxygens (including phenoxy) is 1. The fraction of sp³-hybridized carbons (Fsp3) is 0.238. The third-order valence-corrected chi connectivity index (χ3v) is 5.45. The highest BCUT2D eigenvalue weighted by Crippen LogP contribution is 2.35. The molecule has 3 aromatic heterocycles. The van der Waals surface area contributed by atoms with Crippen molar-refractivity contribution in [1.82, 2.24) is 19.8 Å². The Morgan fingerprint density at radius 2 is 2.03 bits per heavy atom. The lowest BCUT2D eigenvalue weighted by molar-refractivity contribution is 0.0951. The molecule has 29 heavy (non-hydrogen) atoms. The first-order chi connectivity index (χ1) is 14.2. The molecule has 3 heterocycles. The van der Waals surface area contributed by atoms with Gasteiger partial charge in [0.15, 0.2) is 17.1 Å². The van der Waals surface area contributed by atoms with E-state index in [9.17, 15) is 4.79 Å². The van der Waals surface area contributed by atoms with Crippen LogP contribution in [0.25, 0.3) is 16.8 Å². The summed E-state index contributed by atoms with van der Waals surface area (Å²) < 4.78 is 12.6. The van der Waals surface area contributed by atoms with Crippen LogP contribution in [0.5, 0.6) is 0 Å². The highest BCUT2D eigenvalue weighted by atomic mass is 35.5. The molecule has 8 heteroatoms. The Morgan fingerprint density at radius 3 is 2.76 bits per heavy atom. The number of aromatic nitrogens is 4. The maximum atomic E-state index is 12.7. The third-order valence-electron chi connectivity index (χ3n) is 5.20. The highest BCUT2D eigenvalue weighted by Gasteiger charge is 2.33. The van der Waals surface area contributed by atoms with Crippen LogP contribution >= 0.6 is 11.6 Å². The van der Waals surface area contributed by atoms with Gasteiger partial charge in [-0.1, -0.05) is 23.7 Å². The number of hydrogen-bond donors (Lipinski definition) is 0. The molecule has 0 aliphatic heterocycles. The molecule has 1 aliphatic carbocycles. The van der Waals surface area contributed by atoms with E-state index in [1.54, 1.807) is 17.9 Å². The van der Waals surface area contributed by atoms with E-state index >= 15 is 0 Å². The highest BCUT2D eigenvalue weighted by molar-refractivity contribution is 6.30. The molecule has 1 unspecified atom stereocenters. The van der Waals surface area contributed by atoms with Crippen molar-refractivity contribution in [2.75, 3.05) is 7.11 Å². The van der Waals surface area contributed by atoms with Gasteiger partial charge in [-0.05, 0) is 29.8 Å². The first-order valence-electron chi connectivity index (χ1n) is 9.24. The number of nitrogens with zero attached hydrogens (tertiary/aromatic N) is 4. The van der Waals surface area contributed by atoms with Gasteiger partial charge in [0.05, 0.1) is 29.8 Å². The van der Waals surface area contributed by atoms with E-state index in [1.807, 2.05) is 36.4 Å². The van der Waals surface area contributed by atoms with Crippen LogP contribution in [0.3, 0.4) is 0 Å². The van der Waals surface area contributed by atoms with Crippen molar-refractivity contribution in [2.24, 2.45) is 0 Å². The zero-order valence-corrected chi connectivity index (χ0v) is 16.4. The van der Waals surface area contributed by atoms with Crippen LogP contribution in [-0.2, 0) is 17.8 Å². The van der Waals surface area contributed by atoms with Crippen LogP contribution in [0.15, 0.2) is 47.1 Å². The lowest BCUT2D eigenvalue weighted by Crippen LogP contribution is -2.24. The number of carbonyl (C=O) groups excluding carboxylic acids is 1. The standard InChI is InChI=1S/C21H17ClN4O3/c1-28-11-15-19(12-4-6-14(22)7-5-12)21-24-23-20-16(26(21)25-15)9-13(10-17(20)27)18-3-2-8-29-18/h2-8,13H,9-11H2,1H3. The fourth-order valence-electron chi connectivity index (χ4n) is 3.89. The van der Waals surface area contributed by atoms with Crippen molar-refractivity contribution < 1.29 is 13.9 Å². The maximum Gasteiger partial charge on any atom is 0.185 e. The van der Waals surface area contributed by atoms with Gasteiger partial charge in [-0.2, -0.15) is 5.10 Å². The zero-order chi connectivity index (χ0) is 20.0. The van der Waals surface area contributed by atoms with Crippen LogP contribution in [0, 0.1) is 0 Å². The average molecular weight is 409 g/mol. The summed E-state index contributed by atoms with van der Waals surface area (Å²) in [5, 5.41) is 14.0. The Kier molecular flexibility index (Phi) is 4.41. The monoisotopic (exact) mass is 408 g/mol. The van der Waals surface area contributed by atoms with E-state index in [-0.39, 0.29) is 11.7 Å². The molecule has 0 fully saturated rings. The summed E-state index contributed by atoms with van der Waals surface area (Å²) in [6, 6.07) is 11.2. The maximum absolute atomic E-state index is 12.7. The van der Waals surface area contributed by atoms with E-state index in [0.717, 1.165) is 28.3 Å². The van der Waals surface area contributed by atoms with Gasteiger partial charge in [0.2, 0.25) is 0 Å². The van der Waals surface area contributed by atoms with E-state index in [4.69, 9.17) is 25.9 Å². The number of carbonyl (C=O) groups is 1. The molecular weight excluding hydrogens is 392 g/mol. The minimum absolute atomic E-state index is 0.0496. The van der Waals surface area contributed by atoms with Crippen molar-refractivity contribution >= 4 is 23.0 Å². The minimum atomic E-state index is -0.0566. The number of halogens is 1. The molecule has 0 radical (unpaired) electrons. The van der Waals surface area contributed by atoms with Gasteiger partial charge >= 0.3 is 0 Å². The van der Waals surface area contributed by atoms with Crippen molar-refractivity contribution in [3.05, 3.63) is 70.5 Å². The summed E-state index contributed by atoms with van der Waals surface area (Å²) in [4.78, 5) is 12.7. The lowest BCUT2D eigenvalue weighted by Gasteiger charge is -2.21. The SMILES string of the molecule is COCc1nn2c3c(nnc2c1-c1ccc(Cl)cc1)C(=O)CC(c1ccco1)C3. The summed E-state index contributed by atoms with van der Waals surface area (Å²) in [6.07, 6.45) is 2.56. The Balaban J connectivity index is 1.70. The van der Waals surface area contributed by atoms with E-state index < -0.39 is 0 Å².